The summed E-state index contributed by atoms with van der Waals surface area (Å²) in [4.78, 5) is 23.7. The van der Waals surface area contributed by atoms with Crippen LogP contribution in [0.3, 0.4) is 0 Å². The number of ketones is 1. The van der Waals surface area contributed by atoms with Crippen LogP contribution in [0, 0.1) is 5.41 Å². The van der Waals surface area contributed by atoms with E-state index >= 15 is 0 Å². The maximum absolute atomic E-state index is 13.5. The molecule has 0 aromatic heterocycles. The number of hydrogen-bond acceptors (Lipinski definition) is 7. The fourth-order valence-corrected chi connectivity index (χ4v) is 5.25. The monoisotopic (exact) mass is 649 g/mol. The number of Topliss-reactive ketones (excluding diaryl/α,β-unsaturated/α-hetero) is 1. The van der Waals surface area contributed by atoms with Crippen molar-refractivity contribution in [2.45, 2.75) is 44.8 Å². The molecule has 2 aromatic carbocycles. The Kier molecular flexibility index (Phi) is 9.56. The van der Waals surface area contributed by atoms with Gasteiger partial charge in [-0.3, -0.25) is 0 Å². The van der Waals surface area contributed by atoms with Gasteiger partial charge in [0.2, 0.25) is 0 Å². The van der Waals surface area contributed by atoms with Crippen LogP contribution in [0.25, 0.3) is 0 Å². The topological polar surface area (TPSA) is 110 Å². The number of rotatable bonds is 11. The first-order valence-electron chi connectivity index (χ1n) is 10.4. The Labute approximate surface area is 216 Å². The van der Waals surface area contributed by atoms with Crippen molar-refractivity contribution in [3.63, 3.8) is 0 Å². The van der Waals surface area contributed by atoms with Gasteiger partial charge in [-0.2, -0.15) is 0 Å². The van der Waals surface area contributed by atoms with Crippen molar-refractivity contribution >= 4 is 50.0 Å². The van der Waals surface area contributed by atoms with Crippen LogP contribution in [0.2, 0.25) is 0 Å². The molecule has 198 valence electrons. The zero-order valence-electron chi connectivity index (χ0n) is 19.4. The van der Waals surface area contributed by atoms with E-state index in [0.717, 1.165) is 7.22 Å². The number of hydrogen-bond donors (Lipinski definition) is 0. The summed E-state index contributed by atoms with van der Waals surface area (Å²) < 4.78 is 96.6. The fourth-order valence-electron chi connectivity index (χ4n) is 2.45. The van der Waals surface area contributed by atoms with Gasteiger partial charge in [-0.1, -0.05) is 0 Å². The Bertz CT molecular complexity index is 1180. The summed E-state index contributed by atoms with van der Waals surface area (Å²) in [7, 11) is -6.61. The molecule has 0 amide bonds. The van der Waals surface area contributed by atoms with E-state index in [0.29, 0.717) is 5.75 Å². The quantitative estimate of drug-likeness (QED) is 0.121. The second kappa shape index (κ2) is 11.5. The van der Waals surface area contributed by atoms with Crippen LogP contribution in [0.15, 0.2) is 48.5 Å². The van der Waals surface area contributed by atoms with Crippen LogP contribution in [0.1, 0.15) is 33.6 Å². The maximum atomic E-state index is 13.5. The van der Waals surface area contributed by atoms with Crippen LogP contribution in [-0.2, 0) is 19.7 Å². The van der Waals surface area contributed by atoms with Crippen molar-refractivity contribution in [3.8, 4) is 11.5 Å². The molecule has 0 saturated carbocycles. The van der Waals surface area contributed by atoms with E-state index in [1.807, 2.05) is 32.9 Å². The van der Waals surface area contributed by atoms with Gasteiger partial charge in [0.25, 0.3) is 0 Å². The number of carbonyl (C=O) groups is 2. The van der Waals surface area contributed by atoms with Gasteiger partial charge in [0, 0.05) is 0 Å². The summed E-state index contributed by atoms with van der Waals surface area (Å²) in [5.74, 6) is -6.01. The summed E-state index contributed by atoms with van der Waals surface area (Å²) in [6.45, 7) is 5.40. The molecule has 0 aliphatic carbocycles. The SMILES string of the molecule is CC(C)(C)C(=O)COc1ccc([Te]c2ccc(OC(=O)CCC(F)(F)C(F)(F)S(=O)(=O)[O-])cc2)cc1. The zero-order chi connectivity index (χ0) is 27.4. The molecule has 0 fully saturated rings. The zero-order valence-corrected chi connectivity index (χ0v) is 22.6. The van der Waals surface area contributed by atoms with E-state index in [2.05, 4.69) is 0 Å². The number of alkyl halides is 4. The number of carbonyl (C=O) groups excluding carboxylic acids is 2. The Balaban J connectivity index is 1.89. The molecule has 13 heteroatoms. The first kappa shape index (κ1) is 30.0. The minimum atomic E-state index is -6.61. The summed E-state index contributed by atoms with van der Waals surface area (Å²) in [5, 5.41) is -5.85. The summed E-state index contributed by atoms with van der Waals surface area (Å²) in [5.41, 5.74) is -0.493. The van der Waals surface area contributed by atoms with Gasteiger partial charge in [-0.05, 0) is 0 Å². The molecule has 0 bridgehead atoms. The third kappa shape index (κ3) is 8.16. The van der Waals surface area contributed by atoms with Crippen LogP contribution < -0.4 is 16.7 Å². The fraction of sp³-hybridized carbons (Fsp3) is 0.391. The van der Waals surface area contributed by atoms with E-state index in [1.54, 1.807) is 24.3 Å². The molecule has 36 heavy (non-hydrogen) atoms. The van der Waals surface area contributed by atoms with Crippen molar-refractivity contribution in [3.05, 3.63) is 48.5 Å². The number of halogens is 4. The van der Waals surface area contributed by atoms with E-state index < -0.39 is 66.4 Å². The molecule has 2 aromatic rings. The molecule has 0 aliphatic rings. The molecule has 0 spiro atoms. The Hall–Kier alpha value is -2.20. The van der Waals surface area contributed by atoms with Crippen LogP contribution in [0.5, 0.6) is 11.5 Å². The molecular weight excluding hydrogens is 624 g/mol. The molecular formula is C23H23F4O7STe-. The molecule has 0 saturated heterocycles. The standard InChI is InChI=1S/C23H24F4O7STe/c1-21(2,3)19(28)14-33-15-4-8-17(9-5-15)36-18-10-6-16(7-11-18)34-20(29)12-13-22(24,25)23(26,27)35(30,31)32/h4-11H,12-14H2,1-3H3,(H,30,31,32)/p-1. The van der Waals surface area contributed by atoms with Gasteiger partial charge in [-0.15, -0.1) is 0 Å². The van der Waals surface area contributed by atoms with Gasteiger partial charge < -0.3 is 0 Å². The van der Waals surface area contributed by atoms with Gasteiger partial charge in [0.05, 0.1) is 0 Å². The second-order valence-electron chi connectivity index (χ2n) is 8.66. The molecule has 2 rings (SSSR count). The predicted octanol–water partition coefficient (Wildman–Crippen LogP) is 2.79. The van der Waals surface area contributed by atoms with Gasteiger partial charge >= 0.3 is 216 Å². The van der Waals surface area contributed by atoms with E-state index in [9.17, 15) is 40.1 Å². The van der Waals surface area contributed by atoms with Crippen molar-refractivity contribution in [2.24, 2.45) is 5.41 Å². The van der Waals surface area contributed by atoms with E-state index in [-0.39, 0.29) is 18.1 Å². The molecule has 0 N–H and O–H groups in total. The minimum absolute atomic E-state index is 0.0185. The number of ether oxygens (including phenoxy) is 2. The second-order valence-corrected chi connectivity index (χ2v) is 13.4. The van der Waals surface area contributed by atoms with Gasteiger partial charge in [0.15, 0.2) is 0 Å². The molecule has 0 unspecified atom stereocenters. The summed E-state index contributed by atoms with van der Waals surface area (Å²) in [6, 6.07) is 13.4. The number of esters is 1. The molecule has 0 radical (unpaired) electrons. The number of benzene rings is 2. The third-order valence-corrected chi connectivity index (χ3v) is 8.53. The molecule has 0 heterocycles. The van der Waals surface area contributed by atoms with Crippen LogP contribution in [0.4, 0.5) is 17.6 Å². The Morgan fingerprint density at radius 3 is 1.81 bits per heavy atom. The third-order valence-electron chi connectivity index (χ3n) is 4.70. The van der Waals surface area contributed by atoms with Crippen LogP contribution >= 0.6 is 0 Å². The van der Waals surface area contributed by atoms with Crippen molar-refractivity contribution in [1.29, 1.82) is 0 Å². The van der Waals surface area contributed by atoms with Crippen molar-refractivity contribution in [2.75, 3.05) is 6.61 Å². The average Bonchev–Trinajstić information content (AvgIpc) is 2.77. The molecule has 0 atom stereocenters. The Morgan fingerprint density at radius 2 is 1.36 bits per heavy atom. The average molecular weight is 647 g/mol. The molecule has 7 nitrogen and oxygen atoms in total. The first-order valence-corrected chi connectivity index (χ1v) is 14.1. The normalized spacial score (nSPS) is 12.8. The summed E-state index contributed by atoms with van der Waals surface area (Å²) >= 11 is -0.844. The molecule has 0 aliphatic heterocycles. The van der Waals surface area contributed by atoms with Crippen molar-refractivity contribution in [1.82, 2.24) is 0 Å². The van der Waals surface area contributed by atoms with Gasteiger partial charge in [0.1, 0.15) is 0 Å². The van der Waals surface area contributed by atoms with Gasteiger partial charge in [-0.25, -0.2) is 0 Å². The summed E-state index contributed by atoms with van der Waals surface area (Å²) in [6.07, 6.45) is -3.11. The Morgan fingerprint density at radius 1 is 0.889 bits per heavy atom. The van der Waals surface area contributed by atoms with E-state index in [1.165, 1.54) is 12.1 Å². The van der Waals surface area contributed by atoms with E-state index in [4.69, 9.17) is 9.47 Å². The van der Waals surface area contributed by atoms with Crippen LogP contribution in [-0.4, -0.2) is 63.4 Å². The predicted molar refractivity (Wildman–Crippen MR) is 122 cm³/mol. The first-order chi connectivity index (χ1) is 16.4. The van der Waals surface area contributed by atoms with Crippen molar-refractivity contribution < 1.29 is 49.6 Å².